The highest BCUT2D eigenvalue weighted by molar-refractivity contribution is 6.14. The molecule has 2 aromatic rings. The number of nitrogens with zero attached hydrogens (tertiary/aromatic N) is 1. The van der Waals surface area contributed by atoms with Crippen LogP contribution in [0, 0.1) is 0 Å². The van der Waals surface area contributed by atoms with Crippen LogP contribution in [0.5, 0.6) is 11.5 Å². The third-order valence-corrected chi connectivity index (χ3v) is 4.54. The van der Waals surface area contributed by atoms with E-state index >= 15 is 0 Å². The predicted molar refractivity (Wildman–Crippen MR) is 99.8 cm³/mol. The first-order valence-corrected chi connectivity index (χ1v) is 8.42. The van der Waals surface area contributed by atoms with Gasteiger partial charge in [0.25, 0.3) is 0 Å². The van der Waals surface area contributed by atoms with E-state index in [9.17, 15) is 4.79 Å². The number of hydrogen-bond acceptors (Lipinski definition) is 3. The lowest BCUT2D eigenvalue weighted by molar-refractivity contribution is -0.112. The fourth-order valence-electron chi connectivity index (χ4n) is 3.19. The number of ketones is 1. The minimum Gasteiger partial charge on any atom is -0.493 e. The summed E-state index contributed by atoms with van der Waals surface area (Å²) in [7, 11) is 5.21. The Bertz CT molecular complexity index is 843. The number of Topliss-reactive ketones (excluding diaryl/α,β-unsaturated/α-hetero) is 1. The fraction of sp³-hybridized carbons (Fsp3) is 0.286. The molecular weight excluding hydrogens is 314 g/mol. The highest BCUT2D eigenvalue weighted by Crippen LogP contribution is 2.34. The van der Waals surface area contributed by atoms with E-state index < -0.39 is 0 Å². The second kappa shape index (κ2) is 7.43. The summed E-state index contributed by atoms with van der Waals surface area (Å²) in [6.45, 7) is 0. The Morgan fingerprint density at radius 2 is 1.76 bits per heavy atom. The van der Waals surface area contributed by atoms with Gasteiger partial charge in [0.05, 0.1) is 14.2 Å². The molecule has 0 N–H and O–H groups in total. The molecule has 1 fully saturated rings. The van der Waals surface area contributed by atoms with Gasteiger partial charge in [-0.3, -0.25) is 4.79 Å². The number of hydrogen-bond donors (Lipinski definition) is 0. The number of allylic oxidation sites excluding steroid dienone is 2. The summed E-state index contributed by atoms with van der Waals surface area (Å²) >= 11 is 0. The first-order chi connectivity index (χ1) is 12.1. The van der Waals surface area contributed by atoms with Gasteiger partial charge in [0.15, 0.2) is 17.3 Å². The summed E-state index contributed by atoms with van der Waals surface area (Å²) in [5.41, 5.74) is 3.59. The van der Waals surface area contributed by atoms with Crippen LogP contribution in [0.1, 0.15) is 30.5 Å². The van der Waals surface area contributed by atoms with Gasteiger partial charge in [0, 0.05) is 35.6 Å². The molecule has 1 aliphatic rings. The third kappa shape index (κ3) is 3.53. The molecule has 1 saturated carbocycles. The number of benzene rings is 1. The molecule has 0 atom stereocenters. The van der Waals surface area contributed by atoms with Gasteiger partial charge >= 0.3 is 0 Å². The molecule has 4 nitrogen and oxygen atoms in total. The van der Waals surface area contributed by atoms with Gasteiger partial charge < -0.3 is 14.0 Å². The maximum Gasteiger partial charge on any atom is 0.185 e. The average molecular weight is 337 g/mol. The Balaban J connectivity index is 1.95. The number of rotatable bonds is 4. The molecule has 0 saturated heterocycles. The molecular formula is C21H23NO3. The van der Waals surface area contributed by atoms with Gasteiger partial charge in [-0.2, -0.15) is 0 Å². The Kier molecular flexibility index (Phi) is 5.08. The number of carbonyl (C=O) groups excluding carboxylic acids is 1. The van der Waals surface area contributed by atoms with E-state index in [1.165, 1.54) is 0 Å². The Morgan fingerprint density at radius 1 is 1.00 bits per heavy atom. The molecule has 1 heterocycles. The Morgan fingerprint density at radius 3 is 2.40 bits per heavy atom. The number of carbonyl (C=O) groups is 1. The van der Waals surface area contributed by atoms with Gasteiger partial charge in [0.1, 0.15) is 0 Å². The topological polar surface area (TPSA) is 40.5 Å². The minimum atomic E-state index is 0.123. The molecule has 0 amide bonds. The predicted octanol–water partition coefficient (Wildman–Crippen LogP) is 4.26. The molecule has 1 aromatic heterocycles. The van der Waals surface area contributed by atoms with Crippen molar-refractivity contribution in [3.05, 3.63) is 58.9 Å². The number of methoxy groups -OCH3 is 2. The van der Waals surface area contributed by atoms with Gasteiger partial charge in [-0.25, -0.2) is 0 Å². The normalized spacial score (nSPS) is 18.0. The standard InChI is InChI=1S/C21H23NO3/c1-22-12-6-10-18(22)14-16-8-4-7-15(20(16)23)13-17-9-5-11-19(24-2)21(17)25-3/h5-6,9-14H,4,7-8H2,1-3H3/b15-13+,16-14+. The molecule has 3 rings (SSSR count). The largest absolute Gasteiger partial charge is 0.493 e. The number of aryl methyl sites for hydroxylation is 1. The van der Waals surface area contributed by atoms with Crippen molar-refractivity contribution in [3.8, 4) is 11.5 Å². The van der Waals surface area contributed by atoms with Gasteiger partial charge in [0.2, 0.25) is 0 Å². The summed E-state index contributed by atoms with van der Waals surface area (Å²) in [6.07, 6.45) is 8.48. The lowest BCUT2D eigenvalue weighted by Crippen LogP contribution is -2.12. The minimum absolute atomic E-state index is 0.123. The van der Waals surface area contributed by atoms with E-state index in [-0.39, 0.29) is 5.78 Å². The van der Waals surface area contributed by atoms with Crippen molar-refractivity contribution in [2.75, 3.05) is 14.2 Å². The van der Waals surface area contributed by atoms with Crippen molar-refractivity contribution in [2.24, 2.45) is 7.05 Å². The van der Waals surface area contributed by atoms with Crippen molar-refractivity contribution in [3.63, 3.8) is 0 Å². The summed E-state index contributed by atoms with van der Waals surface area (Å²) in [5, 5.41) is 0. The van der Waals surface area contributed by atoms with Crippen molar-refractivity contribution >= 4 is 17.9 Å². The van der Waals surface area contributed by atoms with Gasteiger partial charge in [-0.15, -0.1) is 0 Å². The van der Waals surface area contributed by atoms with Crippen LogP contribution in [-0.4, -0.2) is 24.6 Å². The van der Waals surface area contributed by atoms with Gasteiger partial charge in [-0.05, 0) is 49.6 Å². The molecule has 1 aromatic carbocycles. The van der Waals surface area contributed by atoms with Gasteiger partial charge in [-0.1, -0.05) is 12.1 Å². The van der Waals surface area contributed by atoms with E-state index in [0.717, 1.165) is 41.7 Å². The maximum absolute atomic E-state index is 12.9. The first-order valence-electron chi connectivity index (χ1n) is 8.42. The lowest BCUT2D eigenvalue weighted by Gasteiger charge is -2.17. The van der Waals surface area contributed by atoms with Crippen molar-refractivity contribution in [1.29, 1.82) is 0 Å². The van der Waals surface area contributed by atoms with Crippen LogP contribution in [-0.2, 0) is 11.8 Å². The zero-order valence-electron chi connectivity index (χ0n) is 14.9. The van der Waals surface area contributed by atoms with E-state index in [0.29, 0.717) is 11.5 Å². The third-order valence-electron chi connectivity index (χ3n) is 4.54. The maximum atomic E-state index is 12.9. The Labute approximate surface area is 148 Å². The highest BCUT2D eigenvalue weighted by Gasteiger charge is 2.21. The number of para-hydroxylation sites is 1. The zero-order chi connectivity index (χ0) is 17.8. The lowest BCUT2D eigenvalue weighted by atomic mass is 9.87. The molecule has 0 aliphatic heterocycles. The van der Waals surface area contributed by atoms with Crippen LogP contribution in [0.15, 0.2) is 47.7 Å². The fourth-order valence-corrected chi connectivity index (χ4v) is 3.19. The number of ether oxygens (including phenoxy) is 2. The van der Waals surface area contributed by atoms with Crippen LogP contribution in [0.2, 0.25) is 0 Å². The van der Waals surface area contributed by atoms with E-state index in [2.05, 4.69) is 0 Å². The SMILES string of the molecule is COc1cccc(/C=C2\CCC/C(=C\c3cccn3C)C2=O)c1OC. The van der Waals surface area contributed by atoms with Crippen molar-refractivity contribution < 1.29 is 14.3 Å². The average Bonchev–Trinajstić information content (AvgIpc) is 3.03. The van der Waals surface area contributed by atoms with E-state index in [1.807, 2.05) is 60.3 Å². The van der Waals surface area contributed by atoms with Crippen LogP contribution < -0.4 is 9.47 Å². The molecule has 0 radical (unpaired) electrons. The van der Waals surface area contributed by atoms with E-state index in [1.54, 1.807) is 14.2 Å². The highest BCUT2D eigenvalue weighted by atomic mass is 16.5. The zero-order valence-corrected chi connectivity index (χ0v) is 14.9. The molecule has 4 heteroatoms. The Hall–Kier alpha value is -2.75. The van der Waals surface area contributed by atoms with E-state index in [4.69, 9.17) is 9.47 Å². The second-order valence-electron chi connectivity index (χ2n) is 6.15. The van der Waals surface area contributed by atoms with Crippen molar-refractivity contribution in [2.45, 2.75) is 19.3 Å². The summed E-state index contributed by atoms with van der Waals surface area (Å²) in [5.74, 6) is 1.45. The summed E-state index contributed by atoms with van der Waals surface area (Å²) in [4.78, 5) is 12.9. The van der Waals surface area contributed by atoms with Crippen LogP contribution in [0.4, 0.5) is 0 Å². The second-order valence-corrected chi connectivity index (χ2v) is 6.15. The monoisotopic (exact) mass is 337 g/mol. The van der Waals surface area contributed by atoms with Crippen LogP contribution in [0.25, 0.3) is 12.2 Å². The van der Waals surface area contributed by atoms with Crippen molar-refractivity contribution in [1.82, 2.24) is 4.57 Å². The quantitative estimate of drug-likeness (QED) is 0.783. The van der Waals surface area contributed by atoms with Crippen LogP contribution >= 0.6 is 0 Å². The summed E-state index contributed by atoms with van der Waals surface area (Å²) in [6, 6.07) is 9.70. The first kappa shape index (κ1) is 17.1. The molecule has 1 aliphatic carbocycles. The molecule has 25 heavy (non-hydrogen) atoms. The molecule has 0 bridgehead atoms. The molecule has 130 valence electrons. The summed E-state index contributed by atoms with van der Waals surface area (Å²) < 4.78 is 12.8. The smallest absolute Gasteiger partial charge is 0.185 e. The number of aromatic nitrogens is 1. The molecule has 0 spiro atoms. The van der Waals surface area contributed by atoms with Crippen LogP contribution in [0.3, 0.4) is 0 Å². The molecule has 0 unspecified atom stereocenters.